The fraction of sp³-hybridized carbons (Fsp3) is 0.158. The van der Waals surface area contributed by atoms with Crippen LogP contribution in [-0.4, -0.2) is 19.5 Å². The number of benzene rings is 7. The summed E-state index contributed by atoms with van der Waals surface area (Å²) in [5.74, 6) is 0.898. The number of fused-ring (bicyclic) bond motifs is 7. The maximum absolute atomic E-state index is 5.63. The second-order valence-corrected chi connectivity index (χ2v) is 18.7. The molecule has 0 amide bonds. The van der Waals surface area contributed by atoms with Gasteiger partial charge in [-0.15, -0.1) is 0 Å². The van der Waals surface area contributed by atoms with E-state index in [-0.39, 0.29) is 10.8 Å². The van der Waals surface area contributed by atoms with Crippen molar-refractivity contribution in [1.82, 2.24) is 19.5 Å². The van der Waals surface area contributed by atoms with Gasteiger partial charge in [0.15, 0.2) is 0 Å². The topological polar surface area (TPSA) is 46.5 Å². The van der Waals surface area contributed by atoms with Crippen LogP contribution < -0.4 is 0 Å². The van der Waals surface area contributed by atoms with E-state index in [2.05, 4.69) is 215 Å². The van der Waals surface area contributed by atoms with Gasteiger partial charge in [0.05, 0.1) is 27.7 Å². The molecule has 4 heteroatoms. The zero-order valence-electron chi connectivity index (χ0n) is 35.6. The number of para-hydroxylation sites is 4. The normalized spacial score (nSPS) is 15.1. The van der Waals surface area contributed by atoms with Crippen LogP contribution in [0.4, 0.5) is 0 Å². The van der Waals surface area contributed by atoms with E-state index >= 15 is 0 Å². The lowest BCUT2D eigenvalue weighted by Crippen LogP contribution is -2.30. The van der Waals surface area contributed by atoms with E-state index in [0.717, 1.165) is 56.0 Å². The second-order valence-electron chi connectivity index (χ2n) is 18.7. The average molecular weight is 789 g/mol. The standard InChI is InChI=1S/C57H48N4/c1-55(2,3)37-31-32-45-44(35-37)51-46(56(4,5)6)26-17-27-47(51)57(45,50-30-12-13-33-58-50)38-19-14-18-36(34-38)40-23-16-29-49-53(40)60-54(61(49)39-20-8-7-9-21-39)43-25-15-24-42-41-22-10-11-28-48(41)59-52(42)43/h7-35,59H,1-6H3. The zero-order valence-corrected chi connectivity index (χ0v) is 35.6. The van der Waals surface area contributed by atoms with Crippen LogP contribution in [0.25, 0.3) is 72.2 Å². The van der Waals surface area contributed by atoms with Crippen LogP contribution in [0.3, 0.4) is 0 Å². The highest BCUT2D eigenvalue weighted by atomic mass is 15.1. The number of imidazole rings is 1. The van der Waals surface area contributed by atoms with Crippen molar-refractivity contribution in [3.05, 3.63) is 210 Å². The molecule has 1 N–H and O–H groups in total. The highest BCUT2D eigenvalue weighted by Crippen LogP contribution is 2.58. The van der Waals surface area contributed by atoms with E-state index in [1.54, 1.807) is 0 Å². The zero-order chi connectivity index (χ0) is 41.7. The van der Waals surface area contributed by atoms with E-state index in [1.165, 1.54) is 49.7 Å². The van der Waals surface area contributed by atoms with Crippen LogP contribution in [0.5, 0.6) is 0 Å². The van der Waals surface area contributed by atoms with Gasteiger partial charge in [0.25, 0.3) is 0 Å². The van der Waals surface area contributed by atoms with Gasteiger partial charge in [0.2, 0.25) is 0 Å². The van der Waals surface area contributed by atoms with Gasteiger partial charge in [0, 0.05) is 39.3 Å². The number of nitrogens with zero attached hydrogens (tertiary/aromatic N) is 3. The van der Waals surface area contributed by atoms with Gasteiger partial charge in [-0.2, -0.15) is 0 Å². The Hall–Kier alpha value is -7.04. The fourth-order valence-electron chi connectivity index (χ4n) is 10.1. The predicted molar refractivity (Wildman–Crippen MR) is 254 cm³/mol. The molecule has 0 spiro atoms. The first-order chi connectivity index (χ1) is 29.5. The van der Waals surface area contributed by atoms with Crippen LogP contribution in [0.2, 0.25) is 0 Å². The number of pyridine rings is 1. The Morgan fingerprint density at radius 2 is 1.30 bits per heavy atom. The number of hydrogen-bond acceptors (Lipinski definition) is 2. The number of aromatic nitrogens is 4. The summed E-state index contributed by atoms with van der Waals surface area (Å²) in [4.78, 5) is 14.6. The number of hydrogen-bond donors (Lipinski definition) is 1. The van der Waals surface area contributed by atoms with Gasteiger partial charge in [-0.3, -0.25) is 9.55 Å². The van der Waals surface area contributed by atoms with Crippen molar-refractivity contribution in [2.75, 3.05) is 0 Å². The number of nitrogens with one attached hydrogen (secondary N) is 1. The number of H-pyrrole nitrogens is 1. The molecule has 0 bridgehead atoms. The molecule has 0 fully saturated rings. The van der Waals surface area contributed by atoms with E-state index in [0.29, 0.717) is 0 Å². The van der Waals surface area contributed by atoms with Crippen LogP contribution in [0, 0.1) is 0 Å². The van der Waals surface area contributed by atoms with E-state index in [4.69, 9.17) is 9.97 Å². The molecule has 7 aromatic carbocycles. The molecule has 3 aromatic heterocycles. The van der Waals surface area contributed by atoms with Gasteiger partial charge in [0.1, 0.15) is 5.82 Å². The third-order valence-corrected chi connectivity index (χ3v) is 13.0. The van der Waals surface area contributed by atoms with Crippen molar-refractivity contribution >= 4 is 32.8 Å². The highest BCUT2D eigenvalue weighted by molar-refractivity contribution is 6.12. The Morgan fingerprint density at radius 1 is 0.557 bits per heavy atom. The summed E-state index contributed by atoms with van der Waals surface area (Å²) >= 11 is 0. The molecule has 296 valence electrons. The predicted octanol–water partition coefficient (Wildman–Crippen LogP) is 14.3. The number of aromatic amines is 1. The summed E-state index contributed by atoms with van der Waals surface area (Å²) in [6.07, 6.45) is 1.95. The lowest BCUT2D eigenvalue weighted by molar-refractivity contribution is 0.589. The highest BCUT2D eigenvalue weighted by Gasteiger charge is 2.49. The first kappa shape index (κ1) is 37.0. The maximum atomic E-state index is 5.63. The molecule has 1 aliphatic rings. The lowest BCUT2D eigenvalue weighted by Gasteiger charge is -2.33. The largest absolute Gasteiger partial charge is 0.354 e. The van der Waals surface area contributed by atoms with Crippen molar-refractivity contribution < 1.29 is 0 Å². The minimum absolute atomic E-state index is 0.0113. The van der Waals surface area contributed by atoms with Crippen LogP contribution >= 0.6 is 0 Å². The fourth-order valence-corrected chi connectivity index (χ4v) is 10.1. The van der Waals surface area contributed by atoms with Crippen molar-refractivity contribution in [2.45, 2.75) is 57.8 Å². The molecule has 1 atom stereocenters. The van der Waals surface area contributed by atoms with Crippen LogP contribution in [0.15, 0.2) is 176 Å². The molecule has 0 saturated heterocycles. The molecule has 1 aliphatic carbocycles. The smallest absolute Gasteiger partial charge is 0.147 e. The summed E-state index contributed by atoms with van der Waals surface area (Å²) in [6, 6.07) is 62.0. The Morgan fingerprint density at radius 3 is 2.10 bits per heavy atom. The summed E-state index contributed by atoms with van der Waals surface area (Å²) in [5, 5.41) is 2.40. The van der Waals surface area contributed by atoms with Gasteiger partial charge in [-0.05, 0) is 104 Å². The molecule has 0 aliphatic heterocycles. The minimum atomic E-state index is -0.659. The van der Waals surface area contributed by atoms with Gasteiger partial charge in [-0.1, -0.05) is 163 Å². The third-order valence-electron chi connectivity index (χ3n) is 13.0. The van der Waals surface area contributed by atoms with E-state index in [9.17, 15) is 0 Å². The molecule has 11 rings (SSSR count). The van der Waals surface area contributed by atoms with Crippen LogP contribution in [0.1, 0.15) is 75.1 Å². The summed E-state index contributed by atoms with van der Waals surface area (Å²) in [7, 11) is 0. The van der Waals surface area contributed by atoms with Crippen molar-refractivity contribution in [1.29, 1.82) is 0 Å². The van der Waals surface area contributed by atoms with Crippen LogP contribution in [-0.2, 0) is 16.2 Å². The molecule has 10 aromatic rings. The second kappa shape index (κ2) is 13.5. The number of rotatable bonds is 5. The molecule has 3 heterocycles. The summed E-state index contributed by atoms with van der Waals surface area (Å²) < 4.78 is 2.32. The molecule has 61 heavy (non-hydrogen) atoms. The van der Waals surface area contributed by atoms with Gasteiger partial charge >= 0.3 is 0 Å². The lowest BCUT2D eigenvalue weighted by atomic mass is 9.68. The minimum Gasteiger partial charge on any atom is -0.354 e. The summed E-state index contributed by atoms with van der Waals surface area (Å²) in [5.41, 5.74) is 17.8. The van der Waals surface area contributed by atoms with Gasteiger partial charge in [-0.25, -0.2) is 4.98 Å². The Bertz CT molecular complexity index is 3320. The molecular weight excluding hydrogens is 741 g/mol. The van der Waals surface area contributed by atoms with Crippen molar-refractivity contribution in [3.8, 4) is 39.3 Å². The first-order valence-corrected chi connectivity index (χ1v) is 21.4. The third kappa shape index (κ3) is 5.58. The van der Waals surface area contributed by atoms with Gasteiger partial charge < -0.3 is 4.98 Å². The molecule has 4 nitrogen and oxygen atoms in total. The quantitative estimate of drug-likeness (QED) is 0.189. The monoisotopic (exact) mass is 788 g/mol. The Balaban J connectivity index is 1.19. The first-order valence-electron chi connectivity index (χ1n) is 21.4. The average Bonchev–Trinajstić information content (AvgIpc) is 3.95. The summed E-state index contributed by atoms with van der Waals surface area (Å²) in [6.45, 7) is 13.9. The molecular formula is C57H48N4. The molecule has 0 saturated carbocycles. The van der Waals surface area contributed by atoms with E-state index < -0.39 is 5.41 Å². The Labute approximate surface area is 357 Å². The Kier molecular flexibility index (Phi) is 8.18. The molecule has 0 radical (unpaired) electrons. The van der Waals surface area contributed by atoms with Crippen molar-refractivity contribution in [2.24, 2.45) is 0 Å². The SMILES string of the molecule is CC(C)(C)c1ccc2c(c1)-c1c(C(C)(C)C)cccc1C2(c1cccc(-c2cccc3c2nc(-c2cccc4c2[nH]c2ccccc24)n3-c2ccccc2)c1)c1ccccn1. The van der Waals surface area contributed by atoms with E-state index in [1.807, 2.05) is 12.3 Å². The molecule has 1 unspecified atom stereocenters. The van der Waals surface area contributed by atoms with Crippen molar-refractivity contribution in [3.63, 3.8) is 0 Å². The maximum Gasteiger partial charge on any atom is 0.147 e.